The van der Waals surface area contributed by atoms with Crippen molar-refractivity contribution >= 4 is 34.4 Å². The van der Waals surface area contributed by atoms with Gasteiger partial charge in [-0.1, -0.05) is 11.6 Å². The summed E-state index contributed by atoms with van der Waals surface area (Å²) in [5, 5.41) is 0.348. The Morgan fingerprint density at radius 3 is 2.92 bits per heavy atom. The second-order valence-corrected chi connectivity index (χ2v) is 3.22. The first-order valence-electron chi connectivity index (χ1n) is 3.62. The van der Waals surface area contributed by atoms with Gasteiger partial charge in [0.05, 0.1) is 12.2 Å². The molecule has 2 rings (SSSR count). The van der Waals surface area contributed by atoms with E-state index in [1.165, 1.54) is 0 Å². The van der Waals surface area contributed by atoms with Crippen LogP contribution in [0.25, 0.3) is 11.2 Å². The van der Waals surface area contributed by atoms with E-state index < -0.39 is 0 Å². The number of rotatable bonds is 1. The van der Waals surface area contributed by atoms with E-state index in [4.69, 9.17) is 23.2 Å². The van der Waals surface area contributed by atoms with Crippen molar-refractivity contribution in [2.75, 3.05) is 0 Å². The van der Waals surface area contributed by atoms with Crippen molar-refractivity contribution in [1.82, 2.24) is 19.5 Å². The number of hydrogen-bond acceptors (Lipinski definition) is 3. The number of aryl methyl sites for hydroxylation is 1. The van der Waals surface area contributed by atoms with Crippen molar-refractivity contribution in [3.8, 4) is 0 Å². The number of hydrogen-bond donors (Lipinski definition) is 0. The minimum absolute atomic E-state index is 0.251. The van der Waals surface area contributed by atoms with Crippen molar-refractivity contribution in [1.29, 1.82) is 0 Å². The van der Waals surface area contributed by atoms with Crippen LogP contribution in [0.3, 0.4) is 0 Å². The molecule has 2 aromatic rings. The lowest BCUT2D eigenvalue weighted by molar-refractivity contribution is 0.917. The van der Waals surface area contributed by atoms with E-state index >= 15 is 0 Å². The van der Waals surface area contributed by atoms with Crippen LogP contribution in [-0.2, 0) is 12.9 Å². The molecule has 0 atom stereocenters. The molecule has 0 amide bonds. The number of nitrogens with zero attached hydrogens (tertiary/aromatic N) is 4. The van der Waals surface area contributed by atoms with Gasteiger partial charge < -0.3 is 4.57 Å². The van der Waals surface area contributed by atoms with E-state index in [9.17, 15) is 0 Å². The van der Waals surface area contributed by atoms with Gasteiger partial charge in [-0.2, -0.15) is 0 Å². The van der Waals surface area contributed by atoms with Crippen LogP contribution in [0.2, 0.25) is 5.15 Å². The minimum Gasteiger partial charge on any atom is -0.318 e. The van der Waals surface area contributed by atoms with E-state index in [1.807, 2.05) is 7.05 Å². The lowest BCUT2D eigenvalue weighted by atomic mass is 10.5. The van der Waals surface area contributed by atoms with Crippen molar-refractivity contribution in [3.63, 3.8) is 0 Å². The molecule has 0 aliphatic heterocycles. The molecule has 0 bridgehead atoms. The van der Waals surface area contributed by atoms with Crippen LogP contribution < -0.4 is 0 Å². The Morgan fingerprint density at radius 2 is 2.23 bits per heavy atom. The Bertz CT molecular complexity index is 451. The standard InChI is InChI=1S/C7H6Cl2N4/c1-13-3-10-5-6(9)11-4(2-8)12-7(5)13/h3H,2H2,1H3. The highest BCUT2D eigenvalue weighted by atomic mass is 35.5. The van der Waals surface area contributed by atoms with Crippen LogP contribution in [0.15, 0.2) is 6.33 Å². The molecule has 0 saturated heterocycles. The quantitative estimate of drug-likeness (QED) is 0.539. The van der Waals surface area contributed by atoms with Gasteiger partial charge in [0.25, 0.3) is 0 Å². The molecule has 0 radical (unpaired) electrons. The SMILES string of the molecule is Cn1cnc2c(Cl)nc(CCl)nc21. The van der Waals surface area contributed by atoms with Gasteiger partial charge in [0.1, 0.15) is 11.3 Å². The fourth-order valence-electron chi connectivity index (χ4n) is 1.07. The summed E-state index contributed by atoms with van der Waals surface area (Å²) in [6.45, 7) is 0. The smallest absolute Gasteiger partial charge is 0.164 e. The number of fused-ring (bicyclic) bond motifs is 1. The number of halogens is 2. The van der Waals surface area contributed by atoms with Crippen LogP contribution >= 0.6 is 23.2 Å². The summed E-state index contributed by atoms with van der Waals surface area (Å²) in [5.74, 6) is 0.767. The topological polar surface area (TPSA) is 43.6 Å². The summed E-state index contributed by atoms with van der Waals surface area (Å²) in [6.07, 6.45) is 1.64. The second kappa shape index (κ2) is 3.12. The van der Waals surface area contributed by atoms with Crippen LogP contribution in [0.5, 0.6) is 0 Å². The van der Waals surface area contributed by atoms with Gasteiger partial charge in [-0.15, -0.1) is 11.6 Å². The zero-order valence-corrected chi connectivity index (χ0v) is 8.34. The van der Waals surface area contributed by atoms with E-state index in [0.29, 0.717) is 22.1 Å². The first kappa shape index (κ1) is 8.72. The van der Waals surface area contributed by atoms with Crippen molar-refractivity contribution < 1.29 is 0 Å². The predicted molar refractivity (Wildman–Crippen MR) is 50.9 cm³/mol. The largest absolute Gasteiger partial charge is 0.318 e. The lowest BCUT2D eigenvalue weighted by Gasteiger charge is -1.97. The van der Waals surface area contributed by atoms with Crippen molar-refractivity contribution in [2.45, 2.75) is 5.88 Å². The Kier molecular flexibility index (Phi) is 2.09. The molecule has 6 heteroatoms. The molecule has 68 valence electrons. The number of alkyl halides is 1. The van der Waals surface area contributed by atoms with Gasteiger partial charge in [-0.25, -0.2) is 15.0 Å². The maximum Gasteiger partial charge on any atom is 0.164 e. The number of imidazole rings is 1. The summed E-state index contributed by atoms with van der Waals surface area (Å²) in [7, 11) is 1.84. The Hall–Kier alpha value is -0.870. The first-order chi connectivity index (χ1) is 6.22. The van der Waals surface area contributed by atoms with Crippen LogP contribution in [0.1, 0.15) is 5.82 Å². The predicted octanol–water partition coefficient (Wildman–Crippen LogP) is 1.76. The lowest BCUT2D eigenvalue weighted by Crippen LogP contribution is -1.95. The third kappa shape index (κ3) is 1.36. The zero-order valence-electron chi connectivity index (χ0n) is 6.83. The molecular formula is C7H6Cl2N4. The minimum atomic E-state index is 0.251. The molecule has 0 aromatic carbocycles. The maximum absolute atomic E-state index is 5.87. The molecule has 0 N–H and O–H groups in total. The molecule has 4 nitrogen and oxygen atoms in total. The van der Waals surface area contributed by atoms with Crippen molar-refractivity contribution in [2.24, 2.45) is 7.05 Å². The normalized spacial score (nSPS) is 11.0. The Balaban J connectivity index is 2.80. The molecule has 0 aliphatic carbocycles. The van der Waals surface area contributed by atoms with Crippen LogP contribution in [-0.4, -0.2) is 19.5 Å². The molecule has 0 saturated carbocycles. The van der Waals surface area contributed by atoms with Gasteiger partial charge in [0.2, 0.25) is 0 Å². The van der Waals surface area contributed by atoms with E-state index in [1.54, 1.807) is 10.9 Å². The zero-order chi connectivity index (χ0) is 9.42. The van der Waals surface area contributed by atoms with Gasteiger partial charge in [0.15, 0.2) is 10.8 Å². The summed E-state index contributed by atoms with van der Waals surface area (Å²) in [6, 6.07) is 0. The second-order valence-electron chi connectivity index (χ2n) is 2.59. The van der Waals surface area contributed by atoms with Gasteiger partial charge in [-0.3, -0.25) is 0 Å². The molecule has 0 spiro atoms. The van der Waals surface area contributed by atoms with Crippen molar-refractivity contribution in [3.05, 3.63) is 17.3 Å². The Labute approximate surface area is 84.5 Å². The third-order valence-electron chi connectivity index (χ3n) is 1.68. The molecule has 2 heterocycles. The van der Waals surface area contributed by atoms with E-state index in [-0.39, 0.29) is 5.88 Å². The highest BCUT2D eigenvalue weighted by Gasteiger charge is 2.08. The van der Waals surface area contributed by atoms with Gasteiger partial charge in [0, 0.05) is 7.05 Å². The van der Waals surface area contributed by atoms with E-state index in [2.05, 4.69) is 15.0 Å². The first-order valence-corrected chi connectivity index (χ1v) is 4.53. The molecule has 0 unspecified atom stereocenters. The highest BCUT2D eigenvalue weighted by molar-refractivity contribution is 6.33. The summed E-state index contributed by atoms with van der Waals surface area (Å²) >= 11 is 11.5. The van der Waals surface area contributed by atoms with Crippen LogP contribution in [0.4, 0.5) is 0 Å². The molecule has 2 aromatic heterocycles. The summed E-state index contributed by atoms with van der Waals surface area (Å²) in [5.41, 5.74) is 1.31. The average molecular weight is 217 g/mol. The van der Waals surface area contributed by atoms with E-state index in [0.717, 1.165) is 0 Å². The van der Waals surface area contributed by atoms with Gasteiger partial charge in [-0.05, 0) is 0 Å². The Morgan fingerprint density at radius 1 is 1.46 bits per heavy atom. The molecule has 0 fully saturated rings. The average Bonchev–Trinajstić information content (AvgIpc) is 2.48. The molecular weight excluding hydrogens is 211 g/mol. The third-order valence-corrected chi connectivity index (χ3v) is 2.19. The summed E-state index contributed by atoms with van der Waals surface area (Å²) in [4.78, 5) is 12.2. The van der Waals surface area contributed by atoms with Crippen LogP contribution in [0, 0.1) is 0 Å². The highest BCUT2D eigenvalue weighted by Crippen LogP contribution is 2.18. The molecule has 0 aliphatic rings. The fraction of sp³-hybridized carbons (Fsp3) is 0.286. The number of aromatic nitrogens is 4. The fourth-order valence-corrected chi connectivity index (χ4v) is 1.42. The van der Waals surface area contributed by atoms with Gasteiger partial charge >= 0.3 is 0 Å². The maximum atomic E-state index is 5.87. The monoisotopic (exact) mass is 216 g/mol. The summed E-state index contributed by atoms with van der Waals surface area (Å²) < 4.78 is 1.78. The molecule has 13 heavy (non-hydrogen) atoms.